The van der Waals surface area contributed by atoms with E-state index in [1.807, 2.05) is 37.3 Å². The van der Waals surface area contributed by atoms with Gasteiger partial charge in [-0.3, -0.25) is 14.7 Å². The molecule has 0 atom stereocenters. The molecule has 4 rings (SSSR count). The molecule has 1 aliphatic rings. The number of rotatable bonds is 10. The van der Waals surface area contributed by atoms with Crippen LogP contribution in [0.1, 0.15) is 6.92 Å². The van der Waals surface area contributed by atoms with E-state index in [0.717, 1.165) is 55.4 Å². The van der Waals surface area contributed by atoms with Crippen molar-refractivity contribution in [2.75, 3.05) is 65.0 Å². The molecule has 33 heavy (non-hydrogen) atoms. The fourth-order valence-electron chi connectivity index (χ4n) is 3.86. The zero-order valence-corrected chi connectivity index (χ0v) is 19.2. The fourth-order valence-corrected chi connectivity index (χ4v) is 3.86. The molecule has 1 aliphatic heterocycles. The van der Waals surface area contributed by atoms with Crippen LogP contribution in [0.2, 0.25) is 0 Å². The van der Waals surface area contributed by atoms with Gasteiger partial charge in [0.2, 0.25) is 0 Å². The van der Waals surface area contributed by atoms with Crippen molar-refractivity contribution in [3.8, 4) is 17.0 Å². The molecule has 0 spiro atoms. The molecule has 176 valence electrons. The molecule has 2 aromatic heterocycles. The van der Waals surface area contributed by atoms with Crippen molar-refractivity contribution in [3.63, 3.8) is 0 Å². The number of morpholine rings is 1. The average molecular weight is 454 g/mol. The lowest BCUT2D eigenvalue weighted by molar-refractivity contribution is 0.0398. The van der Waals surface area contributed by atoms with Gasteiger partial charge in [-0.2, -0.15) is 0 Å². The van der Waals surface area contributed by atoms with Gasteiger partial charge in [0, 0.05) is 44.9 Å². The van der Waals surface area contributed by atoms with Crippen LogP contribution in [0.3, 0.4) is 0 Å². The molecule has 0 bridgehead atoms. The standard InChI is InChI=1S/C24H31N5O4/c1-3-32-15-12-29-22-16-20(18-4-6-19(31-2)7-5-18)26-17-21(22)27-23(24(29)30)25-8-9-28-10-13-33-14-11-28/h4-7,16-17H,3,8-15H2,1-2H3,(H,25,27). The molecular formula is C24H31N5O4. The van der Waals surface area contributed by atoms with Gasteiger partial charge in [-0.1, -0.05) is 0 Å². The second kappa shape index (κ2) is 11.2. The van der Waals surface area contributed by atoms with Gasteiger partial charge in [-0.25, -0.2) is 4.98 Å². The van der Waals surface area contributed by atoms with Crippen molar-refractivity contribution in [1.29, 1.82) is 0 Å². The minimum Gasteiger partial charge on any atom is -0.497 e. The van der Waals surface area contributed by atoms with Gasteiger partial charge >= 0.3 is 0 Å². The van der Waals surface area contributed by atoms with Crippen LogP contribution in [-0.4, -0.2) is 79.2 Å². The highest BCUT2D eigenvalue weighted by Crippen LogP contribution is 2.23. The summed E-state index contributed by atoms with van der Waals surface area (Å²) in [5.41, 5.74) is 2.95. The second-order valence-electron chi connectivity index (χ2n) is 7.78. The lowest BCUT2D eigenvalue weighted by Gasteiger charge is -2.26. The number of nitrogens with zero attached hydrogens (tertiary/aromatic N) is 4. The molecule has 1 fully saturated rings. The normalized spacial score (nSPS) is 14.5. The Balaban J connectivity index is 1.62. The van der Waals surface area contributed by atoms with Crippen molar-refractivity contribution >= 4 is 16.9 Å². The highest BCUT2D eigenvalue weighted by atomic mass is 16.5. The number of nitrogens with one attached hydrogen (secondary N) is 1. The molecule has 0 unspecified atom stereocenters. The highest BCUT2D eigenvalue weighted by Gasteiger charge is 2.14. The second-order valence-corrected chi connectivity index (χ2v) is 7.78. The van der Waals surface area contributed by atoms with Crippen LogP contribution in [0, 0.1) is 0 Å². The van der Waals surface area contributed by atoms with Gasteiger partial charge in [0.15, 0.2) is 5.82 Å². The van der Waals surface area contributed by atoms with Gasteiger partial charge < -0.3 is 24.1 Å². The van der Waals surface area contributed by atoms with E-state index >= 15 is 0 Å². The first-order chi connectivity index (χ1) is 16.2. The highest BCUT2D eigenvalue weighted by molar-refractivity contribution is 5.80. The summed E-state index contributed by atoms with van der Waals surface area (Å²) in [5.74, 6) is 1.12. The Bertz CT molecular complexity index is 1110. The molecular weight excluding hydrogens is 422 g/mol. The third-order valence-electron chi connectivity index (χ3n) is 5.71. The molecule has 1 N–H and O–H groups in total. The maximum absolute atomic E-state index is 13.3. The Morgan fingerprint density at radius 1 is 1.15 bits per heavy atom. The molecule has 0 amide bonds. The monoisotopic (exact) mass is 453 g/mol. The summed E-state index contributed by atoms with van der Waals surface area (Å²) in [5, 5.41) is 3.23. The number of hydrogen-bond donors (Lipinski definition) is 1. The van der Waals surface area contributed by atoms with E-state index in [0.29, 0.717) is 37.6 Å². The van der Waals surface area contributed by atoms with Gasteiger partial charge in [-0.15, -0.1) is 0 Å². The average Bonchev–Trinajstić information content (AvgIpc) is 2.86. The summed E-state index contributed by atoms with van der Waals surface area (Å²) in [6.45, 7) is 8.21. The molecule has 3 aromatic rings. The van der Waals surface area contributed by atoms with E-state index in [1.54, 1.807) is 17.9 Å². The number of ether oxygens (including phenoxy) is 3. The minimum absolute atomic E-state index is 0.156. The molecule has 9 nitrogen and oxygen atoms in total. The predicted octanol–water partition coefficient (Wildman–Crippen LogP) is 2.25. The predicted molar refractivity (Wildman–Crippen MR) is 128 cm³/mol. The van der Waals surface area contributed by atoms with Crippen LogP contribution in [0.15, 0.2) is 41.3 Å². The summed E-state index contributed by atoms with van der Waals surface area (Å²) < 4.78 is 17.9. The minimum atomic E-state index is -0.156. The summed E-state index contributed by atoms with van der Waals surface area (Å²) >= 11 is 0. The van der Waals surface area contributed by atoms with Crippen LogP contribution in [0.25, 0.3) is 22.3 Å². The van der Waals surface area contributed by atoms with Crippen LogP contribution >= 0.6 is 0 Å². The van der Waals surface area contributed by atoms with E-state index in [4.69, 9.17) is 14.2 Å². The van der Waals surface area contributed by atoms with Gasteiger partial charge in [-0.05, 0) is 37.3 Å². The summed E-state index contributed by atoms with van der Waals surface area (Å²) in [4.78, 5) is 24.8. The molecule has 3 heterocycles. The van der Waals surface area contributed by atoms with Crippen LogP contribution in [-0.2, 0) is 16.0 Å². The van der Waals surface area contributed by atoms with E-state index in [9.17, 15) is 4.79 Å². The van der Waals surface area contributed by atoms with E-state index in [-0.39, 0.29) is 5.56 Å². The van der Waals surface area contributed by atoms with Crippen LogP contribution < -0.4 is 15.6 Å². The number of methoxy groups -OCH3 is 1. The van der Waals surface area contributed by atoms with Crippen LogP contribution in [0.5, 0.6) is 5.75 Å². The molecule has 0 radical (unpaired) electrons. The van der Waals surface area contributed by atoms with Crippen molar-refractivity contribution in [2.24, 2.45) is 0 Å². The maximum atomic E-state index is 13.3. The maximum Gasteiger partial charge on any atom is 0.293 e. The Kier molecular flexibility index (Phi) is 7.87. The quantitative estimate of drug-likeness (QED) is 0.468. The summed E-state index contributed by atoms with van der Waals surface area (Å²) in [7, 11) is 1.64. The molecule has 0 saturated carbocycles. The lowest BCUT2D eigenvalue weighted by Crippen LogP contribution is -2.39. The Hall–Kier alpha value is -3.01. The number of pyridine rings is 1. The first-order valence-electron chi connectivity index (χ1n) is 11.4. The smallest absolute Gasteiger partial charge is 0.293 e. The number of fused-ring (bicyclic) bond motifs is 1. The molecule has 1 aromatic carbocycles. The van der Waals surface area contributed by atoms with Crippen molar-refractivity contribution in [1.82, 2.24) is 19.4 Å². The first kappa shape index (κ1) is 23.2. The van der Waals surface area contributed by atoms with E-state index < -0.39 is 0 Å². The Morgan fingerprint density at radius 3 is 2.67 bits per heavy atom. The van der Waals surface area contributed by atoms with Crippen molar-refractivity contribution in [3.05, 3.63) is 46.9 Å². The largest absolute Gasteiger partial charge is 0.497 e. The fraction of sp³-hybridized carbons (Fsp3) is 0.458. The number of anilines is 1. The zero-order chi connectivity index (χ0) is 23.0. The summed E-state index contributed by atoms with van der Waals surface area (Å²) in [6, 6.07) is 9.59. The molecule has 1 saturated heterocycles. The molecule has 9 heteroatoms. The summed E-state index contributed by atoms with van der Waals surface area (Å²) in [6.07, 6.45) is 1.72. The topological polar surface area (TPSA) is 90.7 Å². The lowest BCUT2D eigenvalue weighted by atomic mass is 10.1. The third-order valence-corrected chi connectivity index (χ3v) is 5.71. The Labute approximate surface area is 193 Å². The van der Waals surface area contributed by atoms with E-state index in [1.165, 1.54) is 0 Å². The zero-order valence-electron chi connectivity index (χ0n) is 19.2. The van der Waals surface area contributed by atoms with Gasteiger partial charge in [0.25, 0.3) is 5.56 Å². The van der Waals surface area contributed by atoms with Crippen molar-refractivity contribution in [2.45, 2.75) is 13.5 Å². The van der Waals surface area contributed by atoms with Crippen LogP contribution in [0.4, 0.5) is 5.82 Å². The third kappa shape index (κ3) is 5.68. The first-order valence-corrected chi connectivity index (χ1v) is 11.4. The number of aromatic nitrogens is 3. The number of hydrogen-bond acceptors (Lipinski definition) is 8. The van der Waals surface area contributed by atoms with E-state index in [2.05, 4.69) is 20.2 Å². The number of benzene rings is 1. The van der Waals surface area contributed by atoms with Gasteiger partial charge in [0.05, 0.1) is 44.3 Å². The SMILES string of the molecule is CCOCCn1c(=O)c(NCCN2CCOCC2)nc2cnc(-c3ccc(OC)cc3)cc21. The van der Waals surface area contributed by atoms with Gasteiger partial charge in [0.1, 0.15) is 11.3 Å². The molecule has 0 aliphatic carbocycles. The van der Waals surface area contributed by atoms with Crippen molar-refractivity contribution < 1.29 is 14.2 Å². The Morgan fingerprint density at radius 2 is 1.94 bits per heavy atom.